The number of nitrogens with zero attached hydrogens (tertiary/aromatic N) is 4. The molecule has 3 aromatic rings. The summed E-state index contributed by atoms with van der Waals surface area (Å²) in [5.41, 5.74) is 5.86. The summed E-state index contributed by atoms with van der Waals surface area (Å²) in [5, 5.41) is 7.17. The smallest absolute Gasteiger partial charge is 0.270 e. The number of benzene rings is 1. The molecule has 4 rings (SSSR count). The third-order valence-electron chi connectivity index (χ3n) is 4.63. The van der Waals surface area contributed by atoms with Crippen molar-refractivity contribution in [1.82, 2.24) is 25.1 Å². The average Bonchev–Trinajstić information content (AvgIpc) is 3.21. The van der Waals surface area contributed by atoms with Crippen LogP contribution in [0.2, 0.25) is 0 Å². The normalized spacial score (nSPS) is 15.8. The zero-order valence-corrected chi connectivity index (χ0v) is 14.2. The van der Waals surface area contributed by atoms with Gasteiger partial charge in [0.2, 0.25) is 0 Å². The Balaban J connectivity index is 1.57. The summed E-state index contributed by atoms with van der Waals surface area (Å²) >= 11 is 0. The molecule has 1 aromatic carbocycles. The van der Waals surface area contributed by atoms with Gasteiger partial charge in [0, 0.05) is 25.0 Å². The number of amides is 1. The van der Waals surface area contributed by atoms with Gasteiger partial charge in [0.25, 0.3) is 5.91 Å². The number of nitrogens with one attached hydrogen (secondary N) is 1. The molecule has 1 unspecified atom stereocenters. The molecule has 0 saturated heterocycles. The fraction of sp³-hybridized carbons (Fsp3) is 0.263. The number of hydrogen-bond donors (Lipinski definition) is 1. The third kappa shape index (κ3) is 2.91. The maximum atomic E-state index is 12.4. The molecule has 1 amide bonds. The van der Waals surface area contributed by atoms with Crippen LogP contribution >= 0.6 is 0 Å². The van der Waals surface area contributed by atoms with E-state index < -0.39 is 0 Å². The molecular formula is C19H19N5O. The van der Waals surface area contributed by atoms with E-state index in [-0.39, 0.29) is 11.9 Å². The molecule has 2 aromatic heterocycles. The number of hydrogen-bond acceptors (Lipinski definition) is 4. The first-order valence-corrected chi connectivity index (χ1v) is 8.32. The van der Waals surface area contributed by atoms with Gasteiger partial charge >= 0.3 is 0 Å². The second kappa shape index (κ2) is 6.12. The van der Waals surface area contributed by atoms with Gasteiger partial charge in [-0.2, -0.15) is 5.10 Å². The van der Waals surface area contributed by atoms with Crippen LogP contribution in [0, 0.1) is 6.92 Å². The van der Waals surface area contributed by atoms with Gasteiger partial charge in [-0.3, -0.25) is 14.5 Å². The second-order valence-electron chi connectivity index (χ2n) is 6.36. The minimum Gasteiger partial charge on any atom is -0.344 e. The summed E-state index contributed by atoms with van der Waals surface area (Å²) in [5.74, 6) is -0.0912. The van der Waals surface area contributed by atoms with Crippen molar-refractivity contribution in [1.29, 1.82) is 0 Å². The molecule has 25 heavy (non-hydrogen) atoms. The zero-order valence-electron chi connectivity index (χ0n) is 14.2. The number of aryl methyl sites for hydroxylation is 3. The van der Waals surface area contributed by atoms with Crippen molar-refractivity contribution in [2.75, 3.05) is 0 Å². The van der Waals surface area contributed by atoms with Gasteiger partial charge in [0.05, 0.1) is 23.6 Å². The third-order valence-corrected chi connectivity index (χ3v) is 4.63. The molecule has 0 spiro atoms. The van der Waals surface area contributed by atoms with E-state index in [0.717, 1.165) is 29.8 Å². The quantitative estimate of drug-likeness (QED) is 0.800. The van der Waals surface area contributed by atoms with E-state index in [0.29, 0.717) is 5.69 Å². The maximum Gasteiger partial charge on any atom is 0.270 e. The van der Waals surface area contributed by atoms with Gasteiger partial charge in [0.1, 0.15) is 5.69 Å². The molecule has 1 N–H and O–H groups in total. The average molecular weight is 333 g/mol. The lowest BCUT2D eigenvalue weighted by molar-refractivity contribution is 0.0927. The highest BCUT2D eigenvalue weighted by atomic mass is 16.2. The minimum absolute atomic E-state index is 0.0371. The first-order chi connectivity index (χ1) is 12.1. The summed E-state index contributed by atoms with van der Waals surface area (Å²) in [4.78, 5) is 21.2. The first kappa shape index (κ1) is 15.5. The summed E-state index contributed by atoms with van der Waals surface area (Å²) in [6.07, 6.45) is 7.01. The highest BCUT2D eigenvalue weighted by Gasteiger charge is 2.25. The van der Waals surface area contributed by atoms with Crippen LogP contribution in [-0.4, -0.2) is 25.7 Å². The minimum atomic E-state index is -0.0912. The molecule has 0 saturated carbocycles. The van der Waals surface area contributed by atoms with Crippen LogP contribution in [0.4, 0.5) is 0 Å². The van der Waals surface area contributed by atoms with E-state index in [1.807, 2.05) is 6.92 Å². The predicted molar refractivity (Wildman–Crippen MR) is 93.9 cm³/mol. The molecule has 1 atom stereocenters. The molecule has 0 radical (unpaired) electrons. The topological polar surface area (TPSA) is 72.7 Å². The van der Waals surface area contributed by atoms with Crippen molar-refractivity contribution in [2.45, 2.75) is 25.8 Å². The van der Waals surface area contributed by atoms with Crippen LogP contribution in [0.3, 0.4) is 0 Å². The lowest BCUT2D eigenvalue weighted by atomic mass is 10.0. The Morgan fingerprint density at radius 1 is 1.28 bits per heavy atom. The number of carbonyl (C=O) groups is 1. The Morgan fingerprint density at radius 2 is 2.16 bits per heavy atom. The lowest BCUT2D eigenvalue weighted by Gasteiger charge is -2.14. The van der Waals surface area contributed by atoms with Crippen molar-refractivity contribution >= 4 is 5.91 Å². The van der Waals surface area contributed by atoms with Crippen molar-refractivity contribution in [2.24, 2.45) is 7.05 Å². The maximum absolute atomic E-state index is 12.4. The van der Waals surface area contributed by atoms with Crippen LogP contribution in [0.25, 0.3) is 11.3 Å². The highest BCUT2D eigenvalue weighted by Crippen LogP contribution is 2.34. The van der Waals surface area contributed by atoms with E-state index in [2.05, 4.69) is 38.6 Å². The van der Waals surface area contributed by atoms with Gasteiger partial charge in [-0.05, 0) is 43.0 Å². The SMILES string of the molecule is Cc1cncc(-c2ccc3c(c2)CCC3NC(=O)c2ccnn2C)n1. The molecule has 6 nitrogen and oxygen atoms in total. The number of fused-ring (bicyclic) bond motifs is 1. The lowest BCUT2D eigenvalue weighted by Crippen LogP contribution is -2.28. The first-order valence-electron chi connectivity index (χ1n) is 8.32. The fourth-order valence-corrected chi connectivity index (χ4v) is 3.36. The van der Waals surface area contributed by atoms with E-state index in [4.69, 9.17) is 0 Å². The second-order valence-corrected chi connectivity index (χ2v) is 6.36. The Morgan fingerprint density at radius 3 is 2.92 bits per heavy atom. The van der Waals surface area contributed by atoms with Crippen molar-refractivity contribution in [3.8, 4) is 11.3 Å². The molecule has 0 bridgehead atoms. The van der Waals surface area contributed by atoms with Crippen LogP contribution in [0.5, 0.6) is 0 Å². The molecule has 0 fully saturated rings. The van der Waals surface area contributed by atoms with Crippen molar-refractivity contribution in [3.63, 3.8) is 0 Å². The molecule has 2 heterocycles. The van der Waals surface area contributed by atoms with Gasteiger partial charge in [-0.15, -0.1) is 0 Å². The predicted octanol–water partition coefficient (Wildman–Crippen LogP) is 2.60. The monoisotopic (exact) mass is 333 g/mol. The summed E-state index contributed by atoms with van der Waals surface area (Å²) < 4.78 is 1.59. The van der Waals surface area contributed by atoms with Crippen molar-refractivity contribution < 1.29 is 4.79 Å². The number of aromatic nitrogens is 4. The Hall–Kier alpha value is -3.02. The number of carbonyl (C=O) groups excluding carboxylic acids is 1. The Bertz CT molecular complexity index is 946. The van der Waals surface area contributed by atoms with Crippen LogP contribution in [0.1, 0.15) is 39.8 Å². The van der Waals surface area contributed by atoms with E-state index >= 15 is 0 Å². The van der Waals surface area contributed by atoms with E-state index in [1.165, 1.54) is 11.1 Å². The largest absolute Gasteiger partial charge is 0.344 e. The standard InChI is InChI=1S/C19H19N5O/c1-12-10-20-11-17(22-12)14-3-5-15-13(9-14)4-6-16(15)23-19(25)18-7-8-21-24(18)2/h3,5,7-11,16H,4,6H2,1-2H3,(H,23,25). The fourth-order valence-electron chi connectivity index (χ4n) is 3.36. The molecule has 1 aliphatic rings. The van der Waals surface area contributed by atoms with Crippen LogP contribution in [-0.2, 0) is 13.5 Å². The van der Waals surface area contributed by atoms with Gasteiger partial charge < -0.3 is 5.32 Å². The number of rotatable bonds is 3. The summed E-state index contributed by atoms with van der Waals surface area (Å²) in [7, 11) is 1.77. The Kier molecular flexibility index (Phi) is 3.80. The summed E-state index contributed by atoms with van der Waals surface area (Å²) in [6.45, 7) is 1.94. The molecular weight excluding hydrogens is 314 g/mol. The molecule has 1 aliphatic carbocycles. The van der Waals surface area contributed by atoms with Crippen molar-refractivity contribution in [3.05, 3.63) is 65.4 Å². The molecule has 6 heteroatoms. The molecule has 0 aliphatic heterocycles. The van der Waals surface area contributed by atoms with E-state index in [9.17, 15) is 4.79 Å². The van der Waals surface area contributed by atoms with Gasteiger partial charge in [-0.1, -0.05) is 12.1 Å². The summed E-state index contributed by atoms with van der Waals surface area (Å²) in [6, 6.07) is 8.07. The van der Waals surface area contributed by atoms with Crippen LogP contribution < -0.4 is 5.32 Å². The highest BCUT2D eigenvalue weighted by molar-refractivity contribution is 5.92. The van der Waals surface area contributed by atoms with E-state index in [1.54, 1.807) is 36.4 Å². The van der Waals surface area contributed by atoms with Crippen LogP contribution in [0.15, 0.2) is 42.9 Å². The molecule has 126 valence electrons. The Labute approximate surface area is 145 Å². The van der Waals surface area contributed by atoms with Gasteiger partial charge in [0.15, 0.2) is 0 Å². The van der Waals surface area contributed by atoms with Gasteiger partial charge in [-0.25, -0.2) is 4.98 Å². The zero-order chi connectivity index (χ0) is 17.4.